The molecule has 1 atom stereocenters. The lowest BCUT2D eigenvalue weighted by Crippen LogP contribution is -2.52. The number of halogens is 8. The predicted molar refractivity (Wildman–Crippen MR) is 121 cm³/mol. The van der Waals surface area contributed by atoms with Gasteiger partial charge in [-0.3, -0.25) is 4.79 Å². The average Bonchev–Trinajstić information content (AvgIpc) is 3.12. The number of hydrogen-bond acceptors (Lipinski definition) is 4. The van der Waals surface area contributed by atoms with Gasteiger partial charge in [-0.15, -0.1) is 0 Å². The molecule has 0 bridgehead atoms. The van der Waals surface area contributed by atoms with E-state index in [1.54, 1.807) is 0 Å². The molecule has 2 rings (SSSR count). The van der Waals surface area contributed by atoms with Crippen molar-refractivity contribution in [2.45, 2.75) is 37.4 Å². The van der Waals surface area contributed by atoms with Crippen LogP contribution in [0.4, 0.5) is 32.2 Å². The second kappa shape index (κ2) is 11.0. The summed E-state index contributed by atoms with van der Waals surface area (Å²) in [7, 11) is -3.85. The van der Waals surface area contributed by atoms with Crippen molar-refractivity contribution >= 4 is 45.7 Å². The number of rotatable bonds is 8. The first-order chi connectivity index (χ1) is 16.5. The van der Waals surface area contributed by atoms with Gasteiger partial charge < -0.3 is 9.80 Å². The third-order valence-corrected chi connectivity index (χ3v) is 7.40. The maximum Gasteiger partial charge on any atom is 0.476 e. The van der Waals surface area contributed by atoms with E-state index in [1.165, 1.54) is 6.07 Å². The maximum atomic E-state index is 13.4. The minimum absolute atomic E-state index is 0.205. The highest BCUT2D eigenvalue weighted by Gasteiger charge is 2.44. The van der Waals surface area contributed by atoms with Crippen molar-refractivity contribution in [3.63, 3.8) is 0 Å². The highest BCUT2D eigenvalue weighted by atomic mass is 35.5. The fourth-order valence-electron chi connectivity index (χ4n) is 3.45. The normalized spacial score (nSPS) is 13.4. The number of benzene rings is 1. The van der Waals surface area contributed by atoms with Gasteiger partial charge in [-0.2, -0.15) is 36.7 Å². The summed E-state index contributed by atoms with van der Waals surface area (Å²) in [4.78, 5) is 11.7. The van der Waals surface area contributed by atoms with E-state index in [1.807, 2.05) is 20.8 Å². The molecule has 0 saturated carbocycles. The lowest BCUT2D eigenvalue weighted by atomic mass is 10.2. The summed E-state index contributed by atoms with van der Waals surface area (Å²) in [5.41, 5.74) is -8.15. The number of likely N-dealkylation sites (N-methyl/N-ethyl adjacent to an activating group) is 1. The highest BCUT2D eigenvalue weighted by Crippen LogP contribution is 2.41. The van der Waals surface area contributed by atoms with Crippen molar-refractivity contribution in [1.82, 2.24) is 9.78 Å². The fourth-order valence-corrected chi connectivity index (χ4v) is 4.91. The molecule has 1 unspecified atom stereocenters. The molecule has 1 aromatic heterocycles. The van der Waals surface area contributed by atoms with Crippen molar-refractivity contribution in [3.05, 3.63) is 33.4 Å². The van der Waals surface area contributed by atoms with Crippen molar-refractivity contribution in [2.24, 2.45) is 0 Å². The molecule has 0 aliphatic rings. The second-order valence-corrected chi connectivity index (χ2v) is 9.77. The zero-order valence-corrected chi connectivity index (χ0v) is 21.3. The van der Waals surface area contributed by atoms with Crippen LogP contribution in [0.5, 0.6) is 0 Å². The number of nitrogens with zero attached hydrogens (tertiary/aromatic N) is 4. The van der Waals surface area contributed by atoms with Crippen molar-refractivity contribution in [2.75, 3.05) is 31.5 Å². The van der Waals surface area contributed by atoms with E-state index in [9.17, 15) is 40.6 Å². The molecule has 1 heterocycles. The molecule has 0 fully saturated rings. The van der Waals surface area contributed by atoms with Crippen LogP contribution in [0.2, 0.25) is 10.0 Å². The van der Waals surface area contributed by atoms with Gasteiger partial charge in [-0.25, -0.2) is 8.89 Å². The molecular formula is C20H20Cl2F6N5O2S+. The first kappa shape index (κ1) is 29.9. The number of alkyl halides is 6. The Bertz CT molecular complexity index is 1190. The van der Waals surface area contributed by atoms with E-state index in [4.69, 9.17) is 23.2 Å². The number of nitrogens with one attached hydrogen (secondary N) is 1. The van der Waals surface area contributed by atoms with E-state index in [2.05, 4.69) is 10.4 Å². The first-order valence-corrected chi connectivity index (χ1v) is 12.2. The molecule has 7 nitrogen and oxygen atoms in total. The standard InChI is InChI=1S/C20H19Cl2F6N5O2S/c1-4-33(5-2,6-3)10-15(34)30-18-17(36(35)20(26,27)28)14(9-29)31-32(18)16-12(21)7-11(8-13(16)22)19(23,24)25/h7-8H,4-6,10H2,1-3H3/p+1. The number of quaternary nitrogens is 1. The van der Waals surface area contributed by atoms with Gasteiger partial charge in [0.1, 0.15) is 16.7 Å². The van der Waals surface area contributed by atoms with E-state index in [-0.39, 0.29) is 11.0 Å². The van der Waals surface area contributed by atoms with Crippen LogP contribution in [0.3, 0.4) is 0 Å². The molecule has 0 spiro atoms. The van der Waals surface area contributed by atoms with Crippen LogP contribution in [0.1, 0.15) is 32.0 Å². The Balaban J connectivity index is 2.81. The Labute approximate surface area is 214 Å². The Hall–Kier alpha value is -2.34. The van der Waals surface area contributed by atoms with Gasteiger partial charge in [0.15, 0.2) is 28.9 Å². The molecule has 198 valence electrons. The molecule has 0 radical (unpaired) electrons. The first-order valence-electron chi connectivity index (χ1n) is 10.3. The fraction of sp³-hybridized carbons (Fsp3) is 0.450. The summed E-state index contributed by atoms with van der Waals surface area (Å²) in [6.07, 6.45) is -4.85. The van der Waals surface area contributed by atoms with Crippen LogP contribution in [-0.4, -0.2) is 56.1 Å². The Morgan fingerprint density at radius 3 is 2.00 bits per heavy atom. The number of nitriles is 1. The average molecular weight is 579 g/mol. The number of carbonyl (C=O) groups is 1. The molecule has 0 aliphatic heterocycles. The van der Waals surface area contributed by atoms with Gasteiger partial charge in [0.2, 0.25) is 0 Å². The summed E-state index contributed by atoms with van der Waals surface area (Å²) in [6.45, 7) is 6.73. The number of anilines is 1. The van der Waals surface area contributed by atoms with E-state index in [0.29, 0.717) is 36.4 Å². The molecule has 1 aromatic carbocycles. The second-order valence-electron chi connectivity index (χ2n) is 7.55. The summed E-state index contributed by atoms with van der Waals surface area (Å²) in [5.74, 6) is -1.66. The third-order valence-electron chi connectivity index (χ3n) is 5.65. The lowest BCUT2D eigenvalue weighted by molar-refractivity contribution is -0.915. The Morgan fingerprint density at radius 2 is 1.61 bits per heavy atom. The van der Waals surface area contributed by atoms with Crippen molar-refractivity contribution < 1.29 is 39.8 Å². The van der Waals surface area contributed by atoms with Gasteiger partial charge in [0.25, 0.3) is 5.91 Å². The van der Waals surface area contributed by atoms with E-state index in [0.717, 1.165) is 0 Å². The van der Waals surface area contributed by atoms with Crippen molar-refractivity contribution in [3.8, 4) is 11.8 Å². The van der Waals surface area contributed by atoms with Crippen LogP contribution in [-0.2, 0) is 21.8 Å². The van der Waals surface area contributed by atoms with Crippen LogP contribution in [0, 0.1) is 11.3 Å². The summed E-state index contributed by atoms with van der Waals surface area (Å²) < 4.78 is 92.7. The van der Waals surface area contributed by atoms with Crippen LogP contribution in [0.25, 0.3) is 5.69 Å². The summed E-state index contributed by atoms with van der Waals surface area (Å²) in [5, 5.41) is 13.9. The van der Waals surface area contributed by atoms with Crippen LogP contribution < -0.4 is 5.32 Å². The van der Waals surface area contributed by atoms with E-state index < -0.39 is 66.1 Å². The van der Waals surface area contributed by atoms with Gasteiger partial charge in [-0.05, 0) is 32.9 Å². The molecular weight excluding hydrogens is 559 g/mol. The van der Waals surface area contributed by atoms with E-state index >= 15 is 0 Å². The summed E-state index contributed by atoms with van der Waals surface area (Å²) >= 11 is 12.0. The maximum absolute atomic E-state index is 13.4. The van der Waals surface area contributed by atoms with Crippen LogP contribution >= 0.6 is 23.2 Å². The third kappa shape index (κ3) is 6.13. The molecule has 0 aliphatic carbocycles. The number of hydrogen-bond donors (Lipinski definition) is 1. The summed E-state index contributed by atoms with van der Waals surface area (Å²) in [6, 6.07) is 2.27. The predicted octanol–water partition coefficient (Wildman–Crippen LogP) is 5.51. The molecule has 36 heavy (non-hydrogen) atoms. The van der Waals surface area contributed by atoms with Crippen molar-refractivity contribution in [1.29, 1.82) is 5.26 Å². The minimum atomic E-state index is -5.36. The number of amides is 1. The van der Waals surface area contributed by atoms with Gasteiger partial charge in [0, 0.05) is 0 Å². The Morgan fingerprint density at radius 1 is 1.11 bits per heavy atom. The molecule has 1 amide bonds. The zero-order chi connectivity index (χ0) is 27.6. The lowest BCUT2D eigenvalue weighted by Gasteiger charge is -2.34. The monoisotopic (exact) mass is 578 g/mol. The van der Waals surface area contributed by atoms with Gasteiger partial charge in [-0.1, -0.05) is 23.2 Å². The molecule has 16 heteroatoms. The number of aromatic nitrogens is 2. The smallest absolute Gasteiger partial charge is 0.317 e. The quantitative estimate of drug-likeness (QED) is 0.330. The largest absolute Gasteiger partial charge is 0.476 e. The zero-order valence-electron chi connectivity index (χ0n) is 19.0. The molecule has 2 aromatic rings. The minimum Gasteiger partial charge on any atom is -0.317 e. The van der Waals surface area contributed by atoms with Gasteiger partial charge >= 0.3 is 11.7 Å². The molecule has 0 saturated heterocycles. The van der Waals surface area contributed by atoms with Gasteiger partial charge in [0.05, 0.1) is 35.2 Å². The SMILES string of the molecule is CC[N+](CC)(CC)CC(=O)Nc1c(S(=O)C(F)(F)F)c(C#N)nn1-c1c(Cl)cc(C(F)(F)F)cc1Cl. The Kier molecular flexibility index (Phi) is 9.10. The van der Waals surface area contributed by atoms with Crippen LogP contribution in [0.15, 0.2) is 17.0 Å². The topological polar surface area (TPSA) is 87.8 Å². The number of carbonyl (C=O) groups excluding carboxylic acids is 1. The molecule has 1 N–H and O–H groups in total. The highest BCUT2D eigenvalue weighted by molar-refractivity contribution is 7.86.